The Hall–Kier alpha value is -3.54. The van der Waals surface area contributed by atoms with Gasteiger partial charge in [-0.05, 0) is 35.9 Å². The highest BCUT2D eigenvalue weighted by Gasteiger charge is 2.25. The minimum Gasteiger partial charge on any atom is -0.379 e. The molecule has 0 spiro atoms. The van der Waals surface area contributed by atoms with Gasteiger partial charge in [-0.2, -0.15) is 4.31 Å². The zero-order chi connectivity index (χ0) is 24.1. The summed E-state index contributed by atoms with van der Waals surface area (Å²) < 4.78 is 33.7. The van der Waals surface area contributed by atoms with E-state index < -0.39 is 21.8 Å². The second-order valence-electron chi connectivity index (χ2n) is 7.71. The zero-order valence-corrected chi connectivity index (χ0v) is 19.4. The van der Waals surface area contributed by atoms with Crippen LogP contribution in [0.5, 0.6) is 0 Å². The highest BCUT2D eigenvalue weighted by atomic mass is 32.2. The van der Waals surface area contributed by atoms with Gasteiger partial charge in [0.2, 0.25) is 15.9 Å². The van der Waals surface area contributed by atoms with Crippen LogP contribution in [0.2, 0.25) is 0 Å². The normalized spacial score (nSPS) is 15.0. The summed E-state index contributed by atoms with van der Waals surface area (Å²) in [5, 5.41) is 0. The van der Waals surface area contributed by atoms with Crippen LogP contribution < -0.4 is 10.9 Å². The highest BCUT2D eigenvalue weighted by molar-refractivity contribution is 7.89. The molecule has 3 aromatic rings. The molecule has 2 heterocycles. The number of fused-ring (bicyclic) bond motifs is 1. The molecule has 0 radical (unpaired) electrons. The molecule has 1 fully saturated rings. The van der Waals surface area contributed by atoms with Gasteiger partial charge in [0, 0.05) is 26.2 Å². The first-order chi connectivity index (χ1) is 16.3. The Morgan fingerprint density at radius 3 is 2.47 bits per heavy atom. The Balaban J connectivity index is 1.29. The second kappa shape index (κ2) is 10.2. The van der Waals surface area contributed by atoms with Gasteiger partial charge in [-0.15, -0.1) is 0 Å². The molecule has 34 heavy (non-hydrogen) atoms. The third kappa shape index (κ3) is 5.33. The SMILES string of the molecule is Cn1c(CC(=O)NNC(=O)/C=C/c2ccc(S(=O)(=O)N3CCOCC3)cc2)nc2ccccc21. The molecule has 2 aromatic carbocycles. The fourth-order valence-corrected chi connectivity index (χ4v) is 4.98. The number of amides is 2. The third-order valence-corrected chi connectivity index (χ3v) is 7.35. The highest BCUT2D eigenvalue weighted by Crippen LogP contribution is 2.18. The minimum atomic E-state index is -3.57. The first-order valence-corrected chi connectivity index (χ1v) is 12.1. The van der Waals surface area contributed by atoms with Crippen LogP contribution in [0.15, 0.2) is 59.5 Å². The van der Waals surface area contributed by atoms with E-state index in [-0.39, 0.29) is 11.3 Å². The van der Waals surface area contributed by atoms with E-state index in [1.54, 1.807) is 12.1 Å². The van der Waals surface area contributed by atoms with Crippen LogP contribution in [0.25, 0.3) is 17.1 Å². The molecule has 1 saturated heterocycles. The molecular formula is C23H25N5O5S. The number of imidazole rings is 1. The number of para-hydroxylation sites is 2. The van der Waals surface area contributed by atoms with Crippen LogP contribution >= 0.6 is 0 Å². The van der Waals surface area contributed by atoms with Crippen LogP contribution in [0.3, 0.4) is 0 Å². The van der Waals surface area contributed by atoms with Crippen LogP contribution in [-0.2, 0) is 37.8 Å². The number of carbonyl (C=O) groups excluding carboxylic acids is 2. The topological polar surface area (TPSA) is 123 Å². The molecule has 2 N–H and O–H groups in total. The molecule has 0 bridgehead atoms. The standard InChI is InChI=1S/C23H25N5O5S/c1-27-20-5-3-2-4-19(20)24-21(27)16-23(30)26-25-22(29)11-8-17-6-9-18(10-7-17)34(31,32)28-12-14-33-15-13-28/h2-11H,12-16H2,1H3,(H,25,29)(H,26,30)/b11-8+. The number of hydrogen-bond donors (Lipinski definition) is 2. The predicted octanol–water partition coefficient (Wildman–Crippen LogP) is 0.998. The Morgan fingerprint density at radius 1 is 1.06 bits per heavy atom. The molecule has 1 aliphatic rings. The number of aryl methyl sites for hydroxylation is 1. The minimum absolute atomic E-state index is 0.00819. The fourth-order valence-electron chi connectivity index (χ4n) is 3.57. The van der Waals surface area contributed by atoms with Crippen molar-refractivity contribution in [2.45, 2.75) is 11.3 Å². The molecule has 2 amide bonds. The van der Waals surface area contributed by atoms with Gasteiger partial charge in [-0.3, -0.25) is 20.4 Å². The number of hydrogen-bond acceptors (Lipinski definition) is 6. The van der Waals surface area contributed by atoms with Gasteiger partial charge < -0.3 is 9.30 Å². The van der Waals surface area contributed by atoms with E-state index >= 15 is 0 Å². The van der Waals surface area contributed by atoms with Crippen molar-refractivity contribution >= 4 is 38.9 Å². The van der Waals surface area contributed by atoms with Gasteiger partial charge in [-0.1, -0.05) is 24.3 Å². The van der Waals surface area contributed by atoms with Crippen LogP contribution in [0, 0.1) is 0 Å². The van der Waals surface area contributed by atoms with E-state index in [9.17, 15) is 18.0 Å². The number of ether oxygens (including phenoxy) is 1. The number of nitrogens with zero attached hydrogens (tertiary/aromatic N) is 3. The van der Waals surface area contributed by atoms with Gasteiger partial charge in [0.15, 0.2) is 0 Å². The third-order valence-electron chi connectivity index (χ3n) is 5.44. The zero-order valence-electron chi connectivity index (χ0n) is 18.6. The Kier molecular flexibility index (Phi) is 7.06. The van der Waals surface area contributed by atoms with Crippen LogP contribution in [-0.4, -0.2) is 60.4 Å². The average molecular weight is 484 g/mol. The van der Waals surface area contributed by atoms with Crippen molar-refractivity contribution in [1.29, 1.82) is 0 Å². The van der Waals surface area contributed by atoms with Crippen molar-refractivity contribution in [3.8, 4) is 0 Å². The average Bonchev–Trinajstić information content (AvgIpc) is 3.17. The number of rotatable bonds is 6. The largest absolute Gasteiger partial charge is 0.379 e. The quantitative estimate of drug-likeness (QED) is 0.398. The van der Waals surface area contributed by atoms with E-state index in [4.69, 9.17) is 4.74 Å². The lowest BCUT2D eigenvalue weighted by atomic mass is 10.2. The lowest BCUT2D eigenvalue weighted by Crippen LogP contribution is -2.41. The van der Waals surface area contributed by atoms with E-state index in [2.05, 4.69) is 15.8 Å². The Bertz CT molecular complexity index is 1330. The van der Waals surface area contributed by atoms with Crippen molar-refractivity contribution in [2.24, 2.45) is 7.05 Å². The number of hydrazine groups is 1. The maximum atomic E-state index is 12.7. The summed E-state index contributed by atoms with van der Waals surface area (Å²) in [4.78, 5) is 28.9. The summed E-state index contributed by atoms with van der Waals surface area (Å²) in [5.74, 6) is -0.350. The van der Waals surface area contributed by atoms with Gasteiger partial charge in [0.05, 0.1) is 35.6 Å². The maximum absolute atomic E-state index is 12.7. The van der Waals surface area contributed by atoms with Crippen LogP contribution in [0.4, 0.5) is 0 Å². The Morgan fingerprint density at radius 2 is 1.76 bits per heavy atom. The van der Waals surface area contributed by atoms with Crippen molar-refractivity contribution < 1.29 is 22.7 Å². The number of nitrogens with one attached hydrogen (secondary N) is 2. The van der Waals surface area contributed by atoms with E-state index in [1.807, 2.05) is 35.9 Å². The molecule has 0 atom stereocenters. The number of morpholine rings is 1. The number of sulfonamides is 1. The number of aromatic nitrogens is 2. The molecule has 0 aliphatic carbocycles. The van der Waals surface area contributed by atoms with Crippen LogP contribution in [0.1, 0.15) is 11.4 Å². The molecule has 1 aliphatic heterocycles. The predicted molar refractivity (Wildman–Crippen MR) is 126 cm³/mol. The summed E-state index contributed by atoms with van der Waals surface area (Å²) >= 11 is 0. The van der Waals surface area contributed by atoms with Gasteiger partial charge >= 0.3 is 0 Å². The molecule has 1 aromatic heterocycles. The first kappa shape index (κ1) is 23.6. The lowest BCUT2D eigenvalue weighted by molar-refractivity contribution is -0.126. The molecule has 178 valence electrons. The maximum Gasteiger partial charge on any atom is 0.262 e. The summed E-state index contributed by atoms with van der Waals surface area (Å²) in [6, 6.07) is 13.8. The van der Waals surface area contributed by atoms with E-state index in [0.29, 0.717) is 37.7 Å². The van der Waals surface area contributed by atoms with Crippen molar-refractivity contribution in [1.82, 2.24) is 24.7 Å². The molecule has 0 unspecified atom stereocenters. The summed E-state index contributed by atoms with van der Waals surface area (Å²) in [6.45, 7) is 1.41. The molecule has 0 saturated carbocycles. The molecule has 10 nitrogen and oxygen atoms in total. The Labute approximate surface area is 197 Å². The molecular weight excluding hydrogens is 458 g/mol. The van der Waals surface area contributed by atoms with Gasteiger partial charge in [0.1, 0.15) is 5.82 Å². The lowest BCUT2D eigenvalue weighted by Gasteiger charge is -2.26. The van der Waals surface area contributed by atoms with Gasteiger partial charge in [0.25, 0.3) is 5.91 Å². The molecule has 11 heteroatoms. The monoisotopic (exact) mass is 483 g/mol. The van der Waals surface area contributed by atoms with Gasteiger partial charge in [-0.25, -0.2) is 13.4 Å². The fraction of sp³-hybridized carbons (Fsp3) is 0.261. The van der Waals surface area contributed by atoms with Crippen molar-refractivity contribution in [2.75, 3.05) is 26.3 Å². The number of carbonyl (C=O) groups is 2. The van der Waals surface area contributed by atoms with E-state index in [0.717, 1.165) is 11.0 Å². The summed E-state index contributed by atoms with van der Waals surface area (Å²) in [7, 11) is -1.74. The first-order valence-electron chi connectivity index (χ1n) is 10.7. The number of benzene rings is 2. The summed E-state index contributed by atoms with van der Waals surface area (Å²) in [5.41, 5.74) is 7.05. The summed E-state index contributed by atoms with van der Waals surface area (Å²) in [6.07, 6.45) is 2.78. The van der Waals surface area contributed by atoms with Crippen molar-refractivity contribution in [3.63, 3.8) is 0 Å². The van der Waals surface area contributed by atoms with E-state index in [1.165, 1.54) is 28.6 Å². The molecule has 4 rings (SSSR count). The van der Waals surface area contributed by atoms with Crippen molar-refractivity contribution in [3.05, 3.63) is 66.0 Å². The smallest absolute Gasteiger partial charge is 0.262 e. The second-order valence-corrected chi connectivity index (χ2v) is 9.65.